The van der Waals surface area contributed by atoms with Gasteiger partial charge in [0.15, 0.2) is 0 Å². The highest BCUT2D eigenvalue weighted by Gasteiger charge is 2.50. The molecule has 4 amide bonds. The summed E-state index contributed by atoms with van der Waals surface area (Å²) in [6.07, 6.45) is -3.38. The lowest BCUT2D eigenvalue weighted by Gasteiger charge is -2.42. The average molecular weight is 521 g/mol. The van der Waals surface area contributed by atoms with Crippen LogP contribution in [0, 0.1) is 5.92 Å². The second kappa shape index (κ2) is 12.2. The van der Waals surface area contributed by atoms with Crippen LogP contribution in [0.3, 0.4) is 0 Å². The fraction of sp³-hybridized carbons (Fsp3) is 0.696. The first-order valence-corrected chi connectivity index (χ1v) is 11.5. The van der Waals surface area contributed by atoms with Crippen LogP contribution < -0.4 is 5.32 Å². The van der Waals surface area contributed by atoms with Crippen molar-refractivity contribution in [2.45, 2.75) is 70.8 Å². The number of alkyl halides is 3. The van der Waals surface area contributed by atoms with Gasteiger partial charge in [0.05, 0.1) is 6.42 Å². The van der Waals surface area contributed by atoms with Crippen LogP contribution in [0.5, 0.6) is 0 Å². The molecule has 2 atom stereocenters. The molecule has 0 unspecified atom stereocenters. The molecular weight excluding hydrogens is 485 g/mol. The van der Waals surface area contributed by atoms with E-state index in [1.807, 2.05) is 0 Å². The number of carboxylic acids is 1. The van der Waals surface area contributed by atoms with E-state index in [2.05, 4.69) is 11.9 Å². The number of nitrogens with zero attached hydrogens (tertiary/aromatic N) is 3. The van der Waals surface area contributed by atoms with Gasteiger partial charge in [0, 0.05) is 26.7 Å². The number of nitrogens with one attached hydrogen (secondary N) is 1. The second-order valence-corrected chi connectivity index (χ2v) is 9.56. The Morgan fingerprint density at radius 3 is 2.03 bits per heavy atom. The number of carboxylic acid groups (broad SMARTS) is 1. The molecule has 1 heterocycles. The number of amides is 4. The quantitative estimate of drug-likeness (QED) is 0.397. The van der Waals surface area contributed by atoms with Crippen LogP contribution >= 0.6 is 0 Å². The lowest BCUT2D eigenvalue weighted by Crippen LogP contribution is -2.64. The molecule has 0 bridgehead atoms. The summed E-state index contributed by atoms with van der Waals surface area (Å²) < 4.78 is 39.6. The van der Waals surface area contributed by atoms with Gasteiger partial charge >= 0.3 is 18.1 Å². The zero-order valence-electron chi connectivity index (χ0n) is 21.2. The molecule has 36 heavy (non-hydrogen) atoms. The minimum atomic E-state index is -5.24. The van der Waals surface area contributed by atoms with E-state index in [1.165, 1.54) is 11.9 Å². The van der Waals surface area contributed by atoms with Gasteiger partial charge in [-0.1, -0.05) is 19.9 Å². The summed E-state index contributed by atoms with van der Waals surface area (Å²) in [6.45, 7) is 9.04. The lowest BCUT2D eigenvalue weighted by atomic mass is 9.95. The van der Waals surface area contributed by atoms with Crippen molar-refractivity contribution in [3.8, 4) is 0 Å². The fourth-order valence-electron chi connectivity index (χ4n) is 4.24. The Labute approximate surface area is 208 Å². The van der Waals surface area contributed by atoms with Crippen molar-refractivity contribution in [3.63, 3.8) is 0 Å². The van der Waals surface area contributed by atoms with Gasteiger partial charge in [-0.05, 0) is 32.6 Å². The van der Waals surface area contributed by atoms with Crippen LogP contribution in [-0.4, -0.2) is 99.9 Å². The Balaban J connectivity index is 3.24. The second-order valence-electron chi connectivity index (χ2n) is 9.56. The highest BCUT2D eigenvalue weighted by molar-refractivity contribution is 5.97. The number of halogens is 3. The standard InChI is InChI=1S/C23H35F3N4O6/c1-7-10-30(21(36)23(24,25)26)22(4,5)20(35)28(6)17(14(2)3)18(33)27-15(13-16(31)32)19(34)29-11-8-9-12-29/h7,14-15,17H,1,8-13H2,2-6H3,(H,27,33)(H,31,32)/t15-,17-/m0/s1. The third-order valence-electron chi connectivity index (χ3n) is 6.05. The Hall–Kier alpha value is -3.12. The molecule has 0 spiro atoms. The summed E-state index contributed by atoms with van der Waals surface area (Å²) in [5.41, 5.74) is -2.02. The molecule has 0 radical (unpaired) electrons. The van der Waals surface area contributed by atoms with Crippen molar-refractivity contribution in [1.29, 1.82) is 0 Å². The average Bonchev–Trinajstić information content (AvgIpc) is 3.29. The van der Waals surface area contributed by atoms with Gasteiger partial charge in [-0.15, -0.1) is 6.58 Å². The molecule has 1 fully saturated rings. The van der Waals surface area contributed by atoms with Crippen molar-refractivity contribution < 1.29 is 42.3 Å². The van der Waals surface area contributed by atoms with Gasteiger partial charge in [0.2, 0.25) is 17.7 Å². The van der Waals surface area contributed by atoms with Gasteiger partial charge in [-0.25, -0.2) is 0 Å². The molecule has 1 aliphatic heterocycles. The zero-order chi connectivity index (χ0) is 28.0. The molecule has 0 aromatic heterocycles. The van der Waals surface area contributed by atoms with Crippen molar-refractivity contribution in [1.82, 2.24) is 20.0 Å². The molecule has 2 N–H and O–H groups in total. The van der Waals surface area contributed by atoms with Crippen LogP contribution in [-0.2, 0) is 24.0 Å². The number of likely N-dealkylation sites (tertiary alicyclic amines) is 1. The van der Waals surface area contributed by atoms with E-state index in [1.54, 1.807) is 13.8 Å². The third kappa shape index (κ3) is 7.44. The summed E-state index contributed by atoms with van der Waals surface area (Å²) in [5.74, 6) is -6.49. The van der Waals surface area contributed by atoms with Crippen molar-refractivity contribution >= 4 is 29.6 Å². The number of hydrogen-bond donors (Lipinski definition) is 2. The van der Waals surface area contributed by atoms with Crippen molar-refractivity contribution in [3.05, 3.63) is 12.7 Å². The van der Waals surface area contributed by atoms with Crippen molar-refractivity contribution in [2.75, 3.05) is 26.7 Å². The maximum Gasteiger partial charge on any atom is 0.471 e. The molecule has 0 aliphatic carbocycles. The lowest BCUT2D eigenvalue weighted by molar-refractivity contribution is -0.192. The first-order valence-electron chi connectivity index (χ1n) is 11.5. The van der Waals surface area contributed by atoms with E-state index in [4.69, 9.17) is 0 Å². The van der Waals surface area contributed by atoms with E-state index < -0.39 is 72.3 Å². The van der Waals surface area contributed by atoms with E-state index in [0.29, 0.717) is 18.0 Å². The SMILES string of the molecule is C=CCN(C(=O)C(F)(F)F)C(C)(C)C(=O)N(C)[C@H](C(=O)N[C@@H](CC(=O)O)C(=O)N1CCCC1)C(C)C. The molecule has 204 valence electrons. The molecule has 0 saturated carbocycles. The maximum absolute atomic E-state index is 13.4. The maximum atomic E-state index is 13.4. The van der Waals surface area contributed by atoms with E-state index in [-0.39, 0.29) is 0 Å². The highest BCUT2D eigenvalue weighted by atomic mass is 19.4. The summed E-state index contributed by atoms with van der Waals surface area (Å²) in [7, 11) is 1.20. The molecule has 13 heteroatoms. The number of carbonyl (C=O) groups excluding carboxylic acids is 4. The first kappa shape index (κ1) is 30.9. The monoisotopic (exact) mass is 520 g/mol. The van der Waals surface area contributed by atoms with Crippen LogP contribution in [0.2, 0.25) is 0 Å². The van der Waals surface area contributed by atoms with Gasteiger partial charge in [-0.2, -0.15) is 13.2 Å². The summed E-state index contributed by atoms with van der Waals surface area (Å²) in [6, 6.07) is -2.65. The highest BCUT2D eigenvalue weighted by Crippen LogP contribution is 2.27. The van der Waals surface area contributed by atoms with Gasteiger partial charge < -0.3 is 25.1 Å². The predicted octanol–water partition coefficient (Wildman–Crippen LogP) is 1.41. The minimum Gasteiger partial charge on any atom is -0.481 e. The van der Waals surface area contributed by atoms with Crippen molar-refractivity contribution in [2.24, 2.45) is 5.92 Å². The predicted molar refractivity (Wildman–Crippen MR) is 123 cm³/mol. The topological polar surface area (TPSA) is 127 Å². The number of carbonyl (C=O) groups is 5. The largest absolute Gasteiger partial charge is 0.481 e. The summed E-state index contributed by atoms with van der Waals surface area (Å²) in [4.78, 5) is 65.4. The van der Waals surface area contributed by atoms with Crippen LogP contribution in [0.1, 0.15) is 47.0 Å². The summed E-state index contributed by atoms with van der Waals surface area (Å²) >= 11 is 0. The minimum absolute atomic E-state index is 0.318. The Morgan fingerprint density at radius 1 is 1.08 bits per heavy atom. The normalized spacial score (nSPS) is 15.8. The number of aliphatic carboxylic acids is 1. The summed E-state index contributed by atoms with van der Waals surface area (Å²) in [5, 5.41) is 11.7. The zero-order valence-corrected chi connectivity index (χ0v) is 21.2. The van der Waals surface area contributed by atoms with E-state index in [9.17, 15) is 42.3 Å². The van der Waals surface area contributed by atoms with Crippen LogP contribution in [0.15, 0.2) is 12.7 Å². The Bertz CT molecular complexity index is 868. The van der Waals surface area contributed by atoms with Crippen LogP contribution in [0.4, 0.5) is 13.2 Å². The fourth-order valence-corrected chi connectivity index (χ4v) is 4.24. The van der Waals surface area contributed by atoms with E-state index >= 15 is 0 Å². The molecule has 1 saturated heterocycles. The smallest absolute Gasteiger partial charge is 0.471 e. The number of rotatable bonds is 11. The Morgan fingerprint density at radius 2 is 1.61 bits per heavy atom. The van der Waals surface area contributed by atoms with Gasteiger partial charge in [0.1, 0.15) is 17.6 Å². The Kier molecular flexibility index (Phi) is 10.5. The third-order valence-corrected chi connectivity index (χ3v) is 6.05. The first-order chi connectivity index (χ1) is 16.5. The molecule has 10 nitrogen and oxygen atoms in total. The number of likely N-dealkylation sites (N-methyl/N-ethyl adjacent to an activating group) is 1. The molecule has 0 aromatic carbocycles. The van der Waals surface area contributed by atoms with Gasteiger partial charge in [-0.3, -0.25) is 24.0 Å². The molecule has 0 aromatic rings. The molecule has 1 aliphatic rings. The molecule has 1 rings (SSSR count). The van der Waals surface area contributed by atoms with Gasteiger partial charge in [0.25, 0.3) is 0 Å². The number of hydrogen-bond acceptors (Lipinski definition) is 5. The van der Waals surface area contributed by atoms with E-state index in [0.717, 1.165) is 37.7 Å². The molecular formula is C23H35F3N4O6. The van der Waals surface area contributed by atoms with Crippen LogP contribution in [0.25, 0.3) is 0 Å².